The molecule has 0 spiro atoms. The van der Waals surface area contributed by atoms with Gasteiger partial charge in [-0.05, 0) is 36.1 Å². The van der Waals surface area contributed by atoms with Gasteiger partial charge in [0.1, 0.15) is 6.26 Å². The minimum Gasteiger partial charge on any atom is -0.447 e. The Balaban J connectivity index is 1.51. The van der Waals surface area contributed by atoms with Crippen LogP contribution in [0.2, 0.25) is 0 Å². The summed E-state index contributed by atoms with van der Waals surface area (Å²) in [6.07, 6.45) is -6.24. The number of hydrogen-bond donors (Lipinski definition) is 1. The van der Waals surface area contributed by atoms with E-state index in [-0.39, 0.29) is 37.3 Å². The maximum Gasteiger partial charge on any atom is 0.416 e. The summed E-state index contributed by atoms with van der Waals surface area (Å²) in [6.45, 7) is 0.818. The van der Waals surface area contributed by atoms with Gasteiger partial charge in [-0.2, -0.15) is 26.3 Å². The molecule has 3 aromatic rings. The maximum atomic E-state index is 13.2. The number of benzene rings is 2. The summed E-state index contributed by atoms with van der Waals surface area (Å²) in [5, 5.41) is 2.71. The molecule has 38 heavy (non-hydrogen) atoms. The first-order valence-corrected chi connectivity index (χ1v) is 11.9. The Morgan fingerprint density at radius 3 is 2.08 bits per heavy atom. The van der Waals surface area contributed by atoms with Crippen LogP contribution >= 0.6 is 0 Å². The van der Waals surface area contributed by atoms with E-state index in [0.717, 1.165) is 43.4 Å². The number of alkyl halides is 6. The molecule has 6 nitrogen and oxygen atoms in total. The first kappa shape index (κ1) is 27.6. The Hall–Kier alpha value is -3.38. The third kappa shape index (κ3) is 7.57. The van der Waals surface area contributed by atoms with Gasteiger partial charge < -0.3 is 14.5 Å². The zero-order valence-corrected chi connectivity index (χ0v) is 20.1. The van der Waals surface area contributed by atoms with Crippen LogP contribution in [0.25, 0.3) is 0 Å². The van der Waals surface area contributed by atoms with E-state index in [9.17, 15) is 31.1 Å². The van der Waals surface area contributed by atoms with E-state index in [0.29, 0.717) is 24.3 Å². The van der Waals surface area contributed by atoms with E-state index in [2.05, 4.69) is 10.3 Å². The van der Waals surface area contributed by atoms with Gasteiger partial charge in [-0.1, -0.05) is 36.4 Å². The predicted octanol–water partition coefficient (Wildman–Crippen LogP) is 5.82. The molecule has 1 aliphatic heterocycles. The molecule has 1 atom stereocenters. The molecular weight excluding hydrogens is 516 g/mol. The molecule has 1 saturated heterocycles. The molecule has 0 bridgehead atoms. The quantitative estimate of drug-likeness (QED) is 0.346. The van der Waals surface area contributed by atoms with Crippen molar-refractivity contribution in [1.82, 2.24) is 15.2 Å². The van der Waals surface area contributed by atoms with Gasteiger partial charge in [-0.25, -0.2) is 4.98 Å². The fraction of sp³-hybridized carbons (Fsp3) is 0.385. The molecule has 204 valence electrons. The van der Waals surface area contributed by atoms with Gasteiger partial charge in [-0.3, -0.25) is 9.69 Å². The van der Waals surface area contributed by atoms with E-state index < -0.39 is 29.4 Å². The molecule has 1 N–H and O–H groups in total. The number of amides is 1. The van der Waals surface area contributed by atoms with Crippen molar-refractivity contribution in [2.24, 2.45) is 0 Å². The van der Waals surface area contributed by atoms with Crippen molar-refractivity contribution < 1.29 is 40.3 Å². The lowest BCUT2D eigenvalue weighted by atomic mass is 10.1. The Morgan fingerprint density at radius 2 is 1.55 bits per heavy atom. The van der Waals surface area contributed by atoms with Crippen LogP contribution in [-0.2, 0) is 36.7 Å². The van der Waals surface area contributed by atoms with Crippen LogP contribution < -0.4 is 5.32 Å². The second kappa shape index (κ2) is 11.6. The lowest BCUT2D eigenvalue weighted by molar-refractivity contribution is -0.138. The Morgan fingerprint density at radius 1 is 0.947 bits per heavy atom. The molecule has 4 rings (SSSR count). The fourth-order valence-corrected chi connectivity index (χ4v) is 4.16. The SMILES string of the molecule is O=C(NC[C@@H]1CCCO1)c1coc(CN(Cc2cccc(C(F)(F)F)c2)Cc2cccc(C(F)(F)F)c2)n1. The highest BCUT2D eigenvalue weighted by molar-refractivity contribution is 5.91. The van der Waals surface area contributed by atoms with Crippen molar-refractivity contribution in [3.8, 4) is 0 Å². The number of ether oxygens (including phenoxy) is 1. The zero-order valence-electron chi connectivity index (χ0n) is 20.1. The summed E-state index contributed by atoms with van der Waals surface area (Å²) in [7, 11) is 0. The minimum atomic E-state index is -4.55. The number of carbonyl (C=O) groups is 1. The number of hydrogen-bond acceptors (Lipinski definition) is 5. The topological polar surface area (TPSA) is 67.6 Å². The van der Waals surface area contributed by atoms with Crippen molar-refractivity contribution in [2.45, 2.75) is 50.9 Å². The van der Waals surface area contributed by atoms with Crippen LogP contribution in [-0.4, -0.2) is 35.0 Å². The van der Waals surface area contributed by atoms with Crippen LogP contribution in [0.1, 0.15) is 51.5 Å². The zero-order chi connectivity index (χ0) is 27.3. The van der Waals surface area contributed by atoms with E-state index in [4.69, 9.17) is 9.15 Å². The normalized spacial score (nSPS) is 16.2. The molecular formula is C26H25F6N3O3. The molecule has 0 aliphatic carbocycles. The molecule has 1 amide bonds. The first-order chi connectivity index (χ1) is 18.0. The van der Waals surface area contributed by atoms with E-state index in [1.807, 2.05) is 0 Å². The summed E-state index contributed by atoms with van der Waals surface area (Å²) in [6, 6.07) is 9.37. The molecule has 1 fully saturated rings. The van der Waals surface area contributed by atoms with E-state index >= 15 is 0 Å². The number of oxazole rings is 1. The fourth-order valence-electron chi connectivity index (χ4n) is 4.16. The molecule has 12 heteroatoms. The lowest BCUT2D eigenvalue weighted by Crippen LogP contribution is -2.32. The van der Waals surface area contributed by atoms with Gasteiger partial charge in [-0.15, -0.1) is 0 Å². The molecule has 0 unspecified atom stereocenters. The van der Waals surface area contributed by atoms with E-state index in [1.54, 1.807) is 4.90 Å². The smallest absolute Gasteiger partial charge is 0.416 e. The molecule has 1 aliphatic rings. The summed E-state index contributed by atoms with van der Waals surface area (Å²) in [5.74, 6) is -0.385. The summed E-state index contributed by atoms with van der Waals surface area (Å²) < 4.78 is 90.1. The van der Waals surface area contributed by atoms with Gasteiger partial charge >= 0.3 is 12.4 Å². The highest BCUT2D eigenvalue weighted by Crippen LogP contribution is 2.31. The monoisotopic (exact) mass is 541 g/mol. The standard InChI is InChI=1S/C26H25F6N3O3/c27-25(28,29)19-6-1-4-17(10-19)13-35(14-18-5-2-7-20(11-18)26(30,31)32)15-23-34-22(16-38-23)24(36)33-12-21-8-3-9-37-21/h1-2,4-7,10-11,16,21H,3,8-9,12-15H2,(H,33,36)/t21-/m0/s1. The van der Waals surface area contributed by atoms with E-state index in [1.165, 1.54) is 24.3 Å². The van der Waals surface area contributed by atoms with Crippen LogP contribution in [0.3, 0.4) is 0 Å². The van der Waals surface area contributed by atoms with Crippen LogP contribution in [0, 0.1) is 0 Å². The van der Waals surface area contributed by atoms with Gasteiger partial charge in [0.25, 0.3) is 5.91 Å². The third-order valence-corrected chi connectivity index (χ3v) is 5.98. The third-order valence-electron chi connectivity index (χ3n) is 5.98. The minimum absolute atomic E-state index is 0.0103. The number of nitrogens with one attached hydrogen (secondary N) is 1. The van der Waals surface area contributed by atoms with Crippen molar-refractivity contribution in [1.29, 1.82) is 0 Å². The Kier molecular flexibility index (Phi) is 8.41. The maximum absolute atomic E-state index is 13.2. The van der Waals surface area contributed by atoms with Gasteiger partial charge in [0.15, 0.2) is 5.69 Å². The average Bonchev–Trinajstić information content (AvgIpc) is 3.54. The van der Waals surface area contributed by atoms with Crippen LogP contribution in [0.15, 0.2) is 59.2 Å². The molecule has 2 heterocycles. The second-order valence-corrected chi connectivity index (χ2v) is 9.01. The van der Waals surface area contributed by atoms with Gasteiger partial charge in [0.2, 0.25) is 5.89 Å². The lowest BCUT2D eigenvalue weighted by Gasteiger charge is -2.22. The number of rotatable bonds is 9. The van der Waals surface area contributed by atoms with Crippen LogP contribution in [0.4, 0.5) is 26.3 Å². The molecule has 2 aromatic carbocycles. The number of aromatic nitrogens is 1. The Bertz CT molecular complexity index is 1180. The van der Waals surface area contributed by atoms with Crippen molar-refractivity contribution in [3.63, 3.8) is 0 Å². The average molecular weight is 541 g/mol. The van der Waals surface area contributed by atoms with Gasteiger partial charge in [0, 0.05) is 26.2 Å². The largest absolute Gasteiger partial charge is 0.447 e. The second-order valence-electron chi connectivity index (χ2n) is 9.01. The van der Waals surface area contributed by atoms with Gasteiger partial charge in [0.05, 0.1) is 23.8 Å². The Labute approximate surface area is 214 Å². The predicted molar refractivity (Wildman–Crippen MR) is 124 cm³/mol. The highest BCUT2D eigenvalue weighted by atomic mass is 19.4. The number of halogens is 6. The summed E-state index contributed by atoms with van der Waals surface area (Å²) in [5.41, 5.74) is -1.07. The van der Waals surface area contributed by atoms with Crippen LogP contribution in [0.5, 0.6) is 0 Å². The highest BCUT2D eigenvalue weighted by Gasteiger charge is 2.31. The molecule has 0 radical (unpaired) electrons. The molecule has 0 saturated carbocycles. The molecule has 1 aromatic heterocycles. The number of nitrogens with zero attached hydrogens (tertiary/aromatic N) is 2. The summed E-state index contributed by atoms with van der Waals surface area (Å²) in [4.78, 5) is 18.2. The summed E-state index contributed by atoms with van der Waals surface area (Å²) >= 11 is 0. The number of carbonyl (C=O) groups excluding carboxylic acids is 1. The van der Waals surface area contributed by atoms with Crippen molar-refractivity contribution >= 4 is 5.91 Å². The van der Waals surface area contributed by atoms with Crippen molar-refractivity contribution in [3.05, 3.63) is 88.6 Å². The first-order valence-electron chi connectivity index (χ1n) is 11.9. The van der Waals surface area contributed by atoms with Crippen molar-refractivity contribution in [2.75, 3.05) is 13.2 Å².